The zero-order valence-electron chi connectivity index (χ0n) is 17.6. The molecule has 166 valence electrons. The average molecular weight is 453 g/mol. The van der Waals surface area contributed by atoms with Gasteiger partial charge in [0.15, 0.2) is 6.10 Å². The number of hydrogen-bond acceptors (Lipinski definition) is 5. The number of hydrogen-bond donors (Lipinski definition) is 1. The first-order valence-corrected chi connectivity index (χ1v) is 11.7. The maximum Gasteiger partial charge on any atom is 0.264 e. The molecule has 1 atom stereocenters. The third-order valence-electron chi connectivity index (χ3n) is 5.23. The molecule has 0 saturated carbocycles. The number of carbonyl (C=O) groups is 1. The highest BCUT2D eigenvalue weighted by Gasteiger charge is 2.37. The van der Waals surface area contributed by atoms with Gasteiger partial charge in [-0.05, 0) is 48.4 Å². The van der Waals surface area contributed by atoms with Gasteiger partial charge in [0.05, 0.1) is 24.2 Å². The maximum atomic E-state index is 13.4. The number of para-hydroxylation sites is 2. The highest BCUT2D eigenvalue weighted by Crippen LogP contribution is 2.37. The first-order valence-electron chi connectivity index (χ1n) is 10.2. The van der Waals surface area contributed by atoms with Crippen LogP contribution in [-0.2, 0) is 21.2 Å². The second-order valence-corrected chi connectivity index (χ2v) is 9.17. The largest absolute Gasteiger partial charge is 0.497 e. The number of rotatable bonds is 7. The van der Waals surface area contributed by atoms with Crippen molar-refractivity contribution in [3.63, 3.8) is 0 Å². The number of nitrogens with one attached hydrogen (secondary N) is 1. The summed E-state index contributed by atoms with van der Waals surface area (Å²) >= 11 is 0. The Hall–Kier alpha value is -3.52. The minimum atomic E-state index is -3.91. The van der Waals surface area contributed by atoms with Crippen molar-refractivity contribution >= 4 is 21.6 Å². The van der Waals surface area contributed by atoms with Crippen molar-refractivity contribution in [3.05, 3.63) is 84.4 Å². The molecule has 0 saturated heterocycles. The predicted molar refractivity (Wildman–Crippen MR) is 122 cm³/mol. The van der Waals surface area contributed by atoms with Gasteiger partial charge in [0, 0.05) is 6.54 Å². The van der Waals surface area contributed by atoms with Gasteiger partial charge in [-0.25, -0.2) is 8.42 Å². The highest BCUT2D eigenvalue weighted by molar-refractivity contribution is 7.92. The normalized spacial score (nSPS) is 15.4. The molecular weight excluding hydrogens is 428 g/mol. The van der Waals surface area contributed by atoms with Gasteiger partial charge < -0.3 is 14.8 Å². The molecule has 0 spiro atoms. The SMILES string of the molecule is COc1ccc(S(=O)(=O)N2CC(C(=O)NCCc3ccccc3)Oc3ccccc32)cc1. The molecule has 0 fully saturated rings. The molecule has 1 heterocycles. The Morgan fingerprint density at radius 1 is 1.03 bits per heavy atom. The van der Waals surface area contributed by atoms with E-state index in [4.69, 9.17) is 9.47 Å². The van der Waals surface area contributed by atoms with Gasteiger partial charge in [-0.15, -0.1) is 0 Å². The third kappa shape index (κ3) is 4.55. The lowest BCUT2D eigenvalue weighted by Gasteiger charge is -2.34. The van der Waals surface area contributed by atoms with Crippen LogP contribution in [-0.4, -0.2) is 40.6 Å². The zero-order chi connectivity index (χ0) is 22.6. The number of methoxy groups -OCH3 is 1. The number of carbonyl (C=O) groups excluding carboxylic acids is 1. The van der Waals surface area contributed by atoms with Gasteiger partial charge in [0.1, 0.15) is 11.5 Å². The van der Waals surface area contributed by atoms with Crippen molar-refractivity contribution in [2.24, 2.45) is 0 Å². The number of benzene rings is 3. The summed E-state index contributed by atoms with van der Waals surface area (Å²) in [7, 11) is -2.40. The molecule has 8 heteroatoms. The van der Waals surface area contributed by atoms with Crippen LogP contribution in [0.3, 0.4) is 0 Å². The van der Waals surface area contributed by atoms with E-state index < -0.39 is 16.1 Å². The maximum absolute atomic E-state index is 13.4. The molecule has 7 nitrogen and oxygen atoms in total. The van der Waals surface area contributed by atoms with Crippen molar-refractivity contribution in [3.8, 4) is 11.5 Å². The Labute approximate surface area is 187 Å². The van der Waals surface area contributed by atoms with Gasteiger partial charge >= 0.3 is 0 Å². The van der Waals surface area contributed by atoms with Gasteiger partial charge in [-0.2, -0.15) is 0 Å². The van der Waals surface area contributed by atoms with Crippen molar-refractivity contribution < 1.29 is 22.7 Å². The van der Waals surface area contributed by atoms with Crippen LogP contribution in [0.1, 0.15) is 5.56 Å². The van der Waals surface area contributed by atoms with Crippen molar-refractivity contribution in [2.45, 2.75) is 17.4 Å². The smallest absolute Gasteiger partial charge is 0.264 e. The molecule has 0 radical (unpaired) electrons. The number of anilines is 1. The van der Waals surface area contributed by atoms with Crippen LogP contribution in [0.5, 0.6) is 11.5 Å². The fourth-order valence-corrected chi connectivity index (χ4v) is 5.01. The molecule has 32 heavy (non-hydrogen) atoms. The number of fused-ring (bicyclic) bond motifs is 1. The number of nitrogens with zero attached hydrogens (tertiary/aromatic N) is 1. The molecule has 1 N–H and O–H groups in total. The molecule has 1 amide bonds. The molecule has 0 aliphatic carbocycles. The van der Waals surface area contributed by atoms with Gasteiger partial charge in [-0.1, -0.05) is 42.5 Å². The summed E-state index contributed by atoms with van der Waals surface area (Å²) in [5.74, 6) is 0.548. The van der Waals surface area contributed by atoms with Gasteiger partial charge in [-0.3, -0.25) is 9.10 Å². The molecule has 1 aliphatic heterocycles. The van der Waals surface area contributed by atoms with E-state index in [0.717, 1.165) is 5.56 Å². The number of amides is 1. The van der Waals surface area contributed by atoms with Crippen LogP contribution >= 0.6 is 0 Å². The van der Waals surface area contributed by atoms with E-state index in [1.54, 1.807) is 36.4 Å². The Bertz CT molecular complexity index is 1180. The number of sulfonamides is 1. The minimum absolute atomic E-state index is 0.109. The van der Waals surface area contributed by atoms with Crippen LogP contribution < -0.4 is 19.1 Å². The molecule has 4 rings (SSSR count). The van der Waals surface area contributed by atoms with Gasteiger partial charge in [0.2, 0.25) is 0 Å². The van der Waals surface area contributed by atoms with Crippen molar-refractivity contribution in [2.75, 3.05) is 24.5 Å². The van der Waals surface area contributed by atoms with Crippen molar-refractivity contribution in [1.82, 2.24) is 5.32 Å². The lowest BCUT2D eigenvalue weighted by atomic mass is 10.1. The van der Waals surface area contributed by atoms with E-state index in [-0.39, 0.29) is 17.3 Å². The first kappa shape index (κ1) is 21.7. The summed E-state index contributed by atoms with van der Waals surface area (Å²) in [6.07, 6.45) is -0.294. The molecule has 3 aromatic rings. The van der Waals surface area contributed by atoms with Crippen LogP contribution in [0.4, 0.5) is 5.69 Å². The third-order valence-corrected chi connectivity index (χ3v) is 7.02. The van der Waals surface area contributed by atoms with E-state index in [9.17, 15) is 13.2 Å². The fraction of sp³-hybridized carbons (Fsp3) is 0.208. The second-order valence-electron chi connectivity index (χ2n) is 7.31. The Morgan fingerprint density at radius 3 is 2.44 bits per heavy atom. The van der Waals surface area contributed by atoms with Crippen LogP contribution in [0.2, 0.25) is 0 Å². The Morgan fingerprint density at radius 2 is 1.72 bits per heavy atom. The Kier molecular flexibility index (Phi) is 6.32. The summed E-state index contributed by atoms with van der Waals surface area (Å²) < 4.78 is 39.0. The summed E-state index contributed by atoms with van der Waals surface area (Å²) in [6.45, 7) is 0.304. The highest BCUT2D eigenvalue weighted by atomic mass is 32.2. The molecule has 3 aromatic carbocycles. The standard InChI is InChI=1S/C24H24N2O5S/c1-30-19-11-13-20(14-12-19)32(28,29)26-17-23(31-22-10-6-5-9-21(22)26)24(27)25-16-15-18-7-3-2-4-8-18/h2-14,23H,15-17H2,1H3,(H,25,27). The molecule has 1 aliphatic rings. The fourth-order valence-electron chi connectivity index (χ4n) is 3.53. The van der Waals surface area contributed by atoms with E-state index in [0.29, 0.717) is 30.2 Å². The molecule has 1 unspecified atom stereocenters. The zero-order valence-corrected chi connectivity index (χ0v) is 18.4. The first-order chi connectivity index (χ1) is 15.5. The van der Waals surface area contributed by atoms with Gasteiger partial charge in [0.25, 0.3) is 15.9 Å². The molecule has 0 aromatic heterocycles. The Balaban J connectivity index is 1.54. The topological polar surface area (TPSA) is 84.9 Å². The lowest BCUT2D eigenvalue weighted by molar-refractivity contribution is -0.127. The second kappa shape index (κ2) is 9.32. The summed E-state index contributed by atoms with van der Waals surface area (Å²) in [6, 6.07) is 22.8. The summed E-state index contributed by atoms with van der Waals surface area (Å²) in [5, 5.41) is 2.86. The van der Waals surface area contributed by atoms with Crippen LogP contribution in [0.25, 0.3) is 0 Å². The van der Waals surface area contributed by atoms with E-state index in [1.165, 1.54) is 23.5 Å². The van der Waals surface area contributed by atoms with Crippen LogP contribution in [0.15, 0.2) is 83.8 Å². The van der Waals surface area contributed by atoms with E-state index in [1.807, 2.05) is 30.3 Å². The summed E-state index contributed by atoms with van der Waals surface area (Å²) in [4.78, 5) is 12.9. The van der Waals surface area contributed by atoms with Crippen molar-refractivity contribution in [1.29, 1.82) is 0 Å². The number of ether oxygens (including phenoxy) is 2. The monoisotopic (exact) mass is 452 g/mol. The molecule has 0 bridgehead atoms. The molecular formula is C24H24N2O5S. The average Bonchev–Trinajstić information content (AvgIpc) is 2.84. The van der Waals surface area contributed by atoms with E-state index >= 15 is 0 Å². The van der Waals surface area contributed by atoms with Crippen LogP contribution in [0, 0.1) is 0 Å². The lowest BCUT2D eigenvalue weighted by Crippen LogP contribution is -2.51. The van der Waals surface area contributed by atoms with E-state index in [2.05, 4.69) is 5.32 Å². The summed E-state index contributed by atoms with van der Waals surface area (Å²) in [5.41, 5.74) is 1.50. The predicted octanol–water partition coefficient (Wildman–Crippen LogP) is 3.01. The minimum Gasteiger partial charge on any atom is -0.497 e. The quantitative estimate of drug-likeness (QED) is 0.596.